The first-order chi connectivity index (χ1) is 15.9. The molecule has 7 nitrogen and oxygen atoms in total. The lowest BCUT2D eigenvalue weighted by atomic mass is 10.0. The van der Waals surface area contributed by atoms with E-state index in [9.17, 15) is 35.6 Å². The van der Waals surface area contributed by atoms with Gasteiger partial charge in [-0.25, -0.2) is 26.0 Å². The van der Waals surface area contributed by atoms with Gasteiger partial charge >= 0.3 is 0 Å². The molecule has 1 aromatic carbocycles. The Hall–Kier alpha value is -2.73. The quantitative estimate of drug-likeness (QED) is 0.467. The van der Waals surface area contributed by atoms with Crippen molar-refractivity contribution in [2.45, 2.75) is 42.3 Å². The average molecular weight is 520 g/mol. The Bertz CT molecular complexity index is 1280. The molecule has 1 aromatic heterocycles. The Kier molecular flexibility index (Phi) is 6.32. The Balaban J connectivity index is 1.59. The van der Waals surface area contributed by atoms with Crippen molar-refractivity contribution < 1.29 is 35.6 Å². The minimum Gasteiger partial charge on any atom is -0.342 e. The van der Waals surface area contributed by atoms with Crippen LogP contribution in [0.2, 0.25) is 5.02 Å². The van der Waals surface area contributed by atoms with E-state index in [0.29, 0.717) is 18.6 Å². The van der Waals surface area contributed by atoms with Gasteiger partial charge in [0, 0.05) is 30.3 Å². The van der Waals surface area contributed by atoms with Gasteiger partial charge in [0.15, 0.2) is 9.84 Å². The Morgan fingerprint density at radius 2 is 1.85 bits per heavy atom. The largest absolute Gasteiger partial charge is 0.342 e. The van der Waals surface area contributed by atoms with Crippen LogP contribution in [0.15, 0.2) is 35.5 Å². The van der Waals surface area contributed by atoms with Crippen LogP contribution in [-0.2, 0) is 14.6 Å². The minimum absolute atomic E-state index is 0.0273. The van der Waals surface area contributed by atoms with Crippen molar-refractivity contribution in [2.75, 3.05) is 6.26 Å². The summed E-state index contributed by atoms with van der Waals surface area (Å²) in [6.45, 7) is 0. The summed E-state index contributed by atoms with van der Waals surface area (Å²) < 4.78 is 79.1. The number of pyridine rings is 1. The number of likely N-dealkylation sites (tertiary alicyclic amines) is 1. The molecule has 2 aromatic rings. The van der Waals surface area contributed by atoms with Gasteiger partial charge in [0.05, 0.1) is 15.5 Å². The summed E-state index contributed by atoms with van der Waals surface area (Å²) in [5, 5.41) is 1.43. The van der Waals surface area contributed by atoms with E-state index in [2.05, 4.69) is 4.98 Å². The van der Waals surface area contributed by atoms with Gasteiger partial charge < -0.3 is 10.2 Å². The van der Waals surface area contributed by atoms with Crippen molar-refractivity contribution in [3.05, 3.63) is 58.4 Å². The van der Waals surface area contributed by atoms with Crippen LogP contribution in [0.3, 0.4) is 0 Å². The van der Waals surface area contributed by atoms with Crippen molar-refractivity contribution in [3.8, 4) is 0 Å². The number of sulfone groups is 1. The van der Waals surface area contributed by atoms with Gasteiger partial charge in [-0.2, -0.15) is 0 Å². The first kappa shape index (κ1) is 24.4. The van der Waals surface area contributed by atoms with Crippen LogP contribution in [-0.4, -0.2) is 54.9 Å². The molecule has 1 aliphatic carbocycles. The van der Waals surface area contributed by atoms with Crippen LogP contribution >= 0.6 is 11.6 Å². The van der Waals surface area contributed by atoms with E-state index in [1.807, 2.05) is 5.32 Å². The van der Waals surface area contributed by atoms with Gasteiger partial charge in [-0.3, -0.25) is 14.6 Å². The molecular weight excluding hydrogens is 502 g/mol. The number of carbonyl (C=O) groups excluding carboxylic acids is 2. The molecule has 4 atom stereocenters. The lowest BCUT2D eigenvalue weighted by molar-refractivity contribution is -0.127. The van der Waals surface area contributed by atoms with Crippen molar-refractivity contribution in [2.24, 2.45) is 5.92 Å². The summed E-state index contributed by atoms with van der Waals surface area (Å²) in [6.07, 6.45) is 0.682. The van der Waals surface area contributed by atoms with Crippen molar-refractivity contribution in [3.63, 3.8) is 0 Å². The molecule has 182 valence electrons. The van der Waals surface area contributed by atoms with E-state index in [0.717, 1.165) is 24.7 Å². The van der Waals surface area contributed by atoms with Gasteiger partial charge in [-0.1, -0.05) is 11.6 Å². The van der Waals surface area contributed by atoms with E-state index in [1.165, 1.54) is 4.90 Å². The SMILES string of the molecule is CS(=O)(=O)c1cncc(C(=O)N2[C@@H](C(=O)N[C@H](c3cc(F)c(Cl)cc3F)C(F)F)C[C@H]3C[C@H]32)c1. The number of hydrogen-bond donors (Lipinski definition) is 1. The van der Waals surface area contributed by atoms with Gasteiger partial charge in [-0.15, -0.1) is 0 Å². The number of halogens is 5. The highest BCUT2D eigenvalue weighted by atomic mass is 35.5. The third-order valence-electron chi connectivity index (χ3n) is 5.95. The maximum atomic E-state index is 14.2. The summed E-state index contributed by atoms with van der Waals surface area (Å²) in [6, 6.07) is -1.49. The fourth-order valence-corrected chi connectivity index (χ4v) is 4.92. The smallest absolute Gasteiger partial charge is 0.262 e. The molecule has 1 aliphatic heterocycles. The molecule has 13 heteroatoms. The van der Waals surface area contributed by atoms with Crippen LogP contribution < -0.4 is 5.32 Å². The predicted molar refractivity (Wildman–Crippen MR) is 112 cm³/mol. The number of benzene rings is 1. The molecule has 2 fully saturated rings. The zero-order valence-corrected chi connectivity index (χ0v) is 19.1. The van der Waals surface area contributed by atoms with Crippen LogP contribution in [0, 0.1) is 17.6 Å². The fraction of sp³-hybridized carbons (Fsp3) is 0.381. The molecule has 1 saturated heterocycles. The third-order valence-corrected chi connectivity index (χ3v) is 7.32. The highest BCUT2D eigenvalue weighted by Crippen LogP contribution is 2.48. The summed E-state index contributed by atoms with van der Waals surface area (Å²) in [5.74, 6) is -4.02. The number of alkyl halides is 2. The van der Waals surface area contributed by atoms with E-state index < -0.39 is 62.4 Å². The standard InChI is InChI=1S/C21H18ClF4N3O4S/c1-34(32,33)11-2-10(7-27-8-11)21(31)29-16-3-9(16)4-17(29)20(30)28-18(19(25)26)12-5-15(24)13(22)6-14(12)23/h2,5-9,16-19H,3-4H2,1H3,(H,28,30)/t9-,16-,17-,18-/m1/s1. The van der Waals surface area contributed by atoms with Crippen LogP contribution in [0.25, 0.3) is 0 Å². The van der Waals surface area contributed by atoms with Gasteiger partial charge in [0.1, 0.15) is 23.7 Å². The molecule has 2 aliphatic rings. The maximum Gasteiger partial charge on any atom is 0.262 e. The third kappa shape index (κ3) is 4.61. The second-order valence-electron chi connectivity index (χ2n) is 8.32. The minimum atomic E-state index is -3.65. The van der Waals surface area contributed by atoms with E-state index in [1.54, 1.807) is 0 Å². The number of carbonyl (C=O) groups is 2. The number of nitrogens with zero attached hydrogens (tertiary/aromatic N) is 2. The Morgan fingerprint density at radius 1 is 1.15 bits per heavy atom. The lowest BCUT2D eigenvalue weighted by Gasteiger charge is -2.29. The van der Waals surface area contributed by atoms with Crippen LogP contribution in [0.1, 0.15) is 34.8 Å². The van der Waals surface area contributed by atoms with E-state index >= 15 is 0 Å². The molecule has 2 heterocycles. The van der Waals surface area contributed by atoms with E-state index in [-0.39, 0.29) is 28.8 Å². The molecule has 0 spiro atoms. The van der Waals surface area contributed by atoms with Gasteiger partial charge in [-0.05, 0) is 37.0 Å². The predicted octanol–water partition coefficient (Wildman–Crippen LogP) is 3.14. The molecule has 1 saturated carbocycles. The molecule has 34 heavy (non-hydrogen) atoms. The zero-order valence-electron chi connectivity index (χ0n) is 17.5. The molecule has 4 rings (SSSR count). The number of rotatable bonds is 6. The molecular formula is C21H18ClF4N3O4S. The highest BCUT2D eigenvalue weighted by Gasteiger charge is 2.56. The topological polar surface area (TPSA) is 96.4 Å². The van der Waals surface area contributed by atoms with E-state index in [4.69, 9.17) is 11.6 Å². The summed E-state index contributed by atoms with van der Waals surface area (Å²) in [7, 11) is -3.65. The molecule has 0 bridgehead atoms. The average Bonchev–Trinajstić information content (AvgIpc) is 3.43. The Labute approximate surface area is 197 Å². The number of nitrogens with one attached hydrogen (secondary N) is 1. The second kappa shape index (κ2) is 8.81. The number of piperidine rings is 1. The monoisotopic (exact) mass is 519 g/mol. The van der Waals surface area contributed by atoms with Gasteiger partial charge in [0.25, 0.3) is 12.3 Å². The number of hydrogen-bond acceptors (Lipinski definition) is 5. The van der Waals surface area contributed by atoms with Crippen LogP contribution in [0.5, 0.6) is 0 Å². The first-order valence-electron chi connectivity index (χ1n) is 10.1. The number of amides is 2. The highest BCUT2D eigenvalue weighted by molar-refractivity contribution is 7.90. The summed E-state index contributed by atoms with van der Waals surface area (Å²) in [5.41, 5.74) is -0.860. The lowest BCUT2D eigenvalue weighted by Crippen LogP contribution is -2.49. The van der Waals surface area contributed by atoms with Gasteiger partial charge in [0.2, 0.25) is 5.91 Å². The Morgan fingerprint density at radius 3 is 2.50 bits per heavy atom. The van der Waals surface area contributed by atoms with Crippen molar-refractivity contribution in [1.82, 2.24) is 15.2 Å². The second-order valence-corrected chi connectivity index (χ2v) is 10.7. The first-order valence-corrected chi connectivity index (χ1v) is 12.4. The number of fused-ring (bicyclic) bond motifs is 1. The maximum absolute atomic E-state index is 14.2. The fourth-order valence-electron chi connectivity index (χ4n) is 4.17. The number of aromatic nitrogens is 1. The van der Waals surface area contributed by atoms with Crippen LogP contribution in [0.4, 0.5) is 17.6 Å². The molecule has 0 unspecified atom stereocenters. The van der Waals surface area contributed by atoms with Crippen molar-refractivity contribution >= 4 is 33.3 Å². The zero-order chi connectivity index (χ0) is 24.9. The van der Waals surface area contributed by atoms with Crippen molar-refractivity contribution in [1.29, 1.82) is 0 Å². The summed E-state index contributed by atoms with van der Waals surface area (Å²) >= 11 is 5.48. The molecule has 1 N–H and O–H groups in total. The summed E-state index contributed by atoms with van der Waals surface area (Å²) in [4.78, 5) is 30.9. The normalized spacial score (nSPS) is 22.4. The molecule has 0 radical (unpaired) electrons. The molecule has 2 amide bonds.